The standard InChI is InChI=1S/C13H22N2O4/c1-2-3-4-5-6-10(13(18)19)15-12(17)9-7-8-11(16)14-9/h9-10H,2-8H2,1H3,(H,14,16)(H,15,17)(H,18,19)/t9-,10+/m0/s1. The molecule has 3 N–H and O–H groups in total. The van der Waals surface area contributed by atoms with E-state index >= 15 is 0 Å². The number of hydrogen-bond donors (Lipinski definition) is 3. The summed E-state index contributed by atoms with van der Waals surface area (Å²) in [4.78, 5) is 33.9. The van der Waals surface area contributed by atoms with Crippen molar-refractivity contribution in [3.63, 3.8) is 0 Å². The predicted molar refractivity (Wildman–Crippen MR) is 69.5 cm³/mol. The lowest BCUT2D eigenvalue weighted by Crippen LogP contribution is -2.48. The number of hydrogen-bond acceptors (Lipinski definition) is 3. The zero-order valence-corrected chi connectivity index (χ0v) is 11.3. The third kappa shape index (κ3) is 5.28. The molecule has 2 atom stereocenters. The van der Waals surface area contributed by atoms with Gasteiger partial charge in [0.2, 0.25) is 11.8 Å². The highest BCUT2D eigenvalue weighted by Gasteiger charge is 2.30. The molecule has 1 saturated heterocycles. The van der Waals surface area contributed by atoms with Crippen LogP contribution in [0.5, 0.6) is 0 Å². The van der Waals surface area contributed by atoms with Gasteiger partial charge in [0.15, 0.2) is 0 Å². The van der Waals surface area contributed by atoms with Gasteiger partial charge in [0.25, 0.3) is 0 Å². The van der Waals surface area contributed by atoms with Crippen molar-refractivity contribution in [3.8, 4) is 0 Å². The van der Waals surface area contributed by atoms with Crippen LogP contribution in [0, 0.1) is 0 Å². The normalized spacial score (nSPS) is 19.8. The lowest BCUT2D eigenvalue weighted by Gasteiger charge is -2.17. The van der Waals surface area contributed by atoms with E-state index in [-0.39, 0.29) is 5.91 Å². The van der Waals surface area contributed by atoms with Gasteiger partial charge in [-0.05, 0) is 12.8 Å². The third-order valence-electron chi connectivity index (χ3n) is 3.27. The molecule has 6 nitrogen and oxygen atoms in total. The van der Waals surface area contributed by atoms with Gasteiger partial charge in [0.05, 0.1) is 0 Å². The minimum atomic E-state index is -1.02. The van der Waals surface area contributed by atoms with Crippen molar-refractivity contribution < 1.29 is 19.5 Å². The molecule has 6 heteroatoms. The van der Waals surface area contributed by atoms with Gasteiger partial charge in [-0.3, -0.25) is 9.59 Å². The Hall–Kier alpha value is -1.59. The summed E-state index contributed by atoms with van der Waals surface area (Å²) in [5.74, 6) is -1.57. The maximum Gasteiger partial charge on any atom is 0.326 e. The molecule has 0 aromatic carbocycles. The molecule has 0 spiro atoms. The zero-order chi connectivity index (χ0) is 14.3. The number of rotatable bonds is 8. The van der Waals surface area contributed by atoms with E-state index in [1.165, 1.54) is 0 Å². The third-order valence-corrected chi connectivity index (χ3v) is 3.27. The number of carbonyl (C=O) groups excluding carboxylic acids is 2. The topological polar surface area (TPSA) is 95.5 Å². The molecule has 1 rings (SSSR count). The summed E-state index contributed by atoms with van der Waals surface area (Å²) in [5.41, 5.74) is 0. The molecule has 0 bridgehead atoms. The van der Waals surface area contributed by atoms with Gasteiger partial charge in [0, 0.05) is 6.42 Å². The Morgan fingerprint density at radius 2 is 2.16 bits per heavy atom. The van der Waals surface area contributed by atoms with Gasteiger partial charge in [-0.1, -0.05) is 32.6 Å². The molecule has 0 aliphatic carbocycles. The molecule has 19 heavy (non-hydrogen) atoms. The smallest absolute Gasteiger partial charge is 0.326 e. The van der Waals surface area contributed by atoms with Crippen LogP contribution in [0.3, 0.4) is 0 Å². The SMILES string of the molecule is CCCCCC[C@@H](NC(=O)[C@@H]1CCC(=O)N1)C(=O)O. The van der Waals surface area contributed by atoms with E-state index in [2.05, 4.69) is 17.6 Å². The Kier molecular flexibility index (Phi) is 6.32. The fraction of sp³-hybridized carbons (Fsp3) is 0.769. The maximum atomic E-state index is 11.8. The summed E-state index contributed by atoms with van der Waals surface area (Å²) in [6.45, 7) is 2.08. The Bertz CT molecular complexity index is 344. The number of unbranched alkanes of at least 4 members (excludes halogenated alkanes) is 3. The van der Waals surface area contributed by atoms with Crippen LogP contribution in [0.4, 0.5) is 0 Å². The first kappa shape index (κ1) is 15.5. The molecule has 2 amide bonds. The Balaban J connectivity index is 2.37. The average molecular weight is 270 g/mol. The number of nitrogens with one attached hydrogen (secondary N) is 2. The Labute approximate surface area is 112 Å². The van der Waals surface area contributed by atoms with E-state index in [0.717, 1.165) is 25.7 Å². The summed E-state index contributed by atoms with van der Waals surface area (Å²) in [5, 5.41) is 14.1. The second kappa shape index (κ2) is 7.76. The zero-order valence-electron chi connectivity index (χ0n) is 11.3. The highest BCUT2D eigenvalue weighted by Crippen LogP contribution is 2.09. The van der Waals surface area contributed by atoms with Crippen LogP contribution in [-0.4, -0.2) is 35.0 Å². The number of carboxylic acids is 1. The van der Waals surface area contributed by atoms with Crippen molar-refractivity contribution in [2.24, 2.45) is 0 Å². The fourth-order valence-corrected chi connectivity index (χ4v) is 2.12. The van der Waals surface area contributed by atoms with Crippen molar-refractivity contribution >= 4 is 17.8 Å². The average Bonchev–Trinajstić information content (AvgIpc) is 2.79. The van der Waals surface area contributed by atoms with E-state index in [4.69, 9.17) is 5.11 Å². The fourth-order valence-electron chi connectivity index (χ4n) is 2.12. The van der Waals surface area contributed by atoms with Crippen LogP contribution >= 0.6 is 0 Å². The number of carbonyl (C=O) groups is 3. The summed E-state index contributed by atoms with van der Waals surface area (Å²) in [6.07, 6.45) is 5.09. The van der Waals surface area contributed by atoms with Crippen molar-refractivity contribution in [1.82, 2.24) is 10.6 Å². The molecule has 0 radical (unpaired) electrons. The Morgan fingerprint density at radius 3 is 2.68 bits per heavy atom. The van der Waals surface area contributed by atoms with Gasteiger partial charge in [0.1, 0.15) is 12.1 Å². The highest BCUT2D eigenvalue weighted by atomic mass is 16.4. The van der Waals surface area contributed by atoms with Crippen LogP contribution in [0.1, 0.15) is 51.9 Å². The number of aliphatic carboxylic acids is 1. The molecule has 1 aliphatic rings. The van der Waals surface area contributed by atoms with Crippen LogP contribution in [0.25, 0.3) is 0 Å². The van der Waals surface area contributed by atoms with Crippen LogP contribution < -0.4 is 10.6 Å². The number of carboxylic acid groups (broad SMARTS) is 1. The molecular weight excluding hydrogens is 248 g/mol. The van der Waals surface area contributed by atoms with Gasteiger partial charge < -0.3 is 15.7 Å². The first-order chi connectivity index (χ1) is 9.04. The second-order valence-electron chi connectivity index (χ2n) is 4.91. The van der Waals surface area contributed by atoms with Crippen molar-refractivity contribution in [2.75, 3.05) is 0 Å². The minimum absolute atomic E-state index is 0.157. The van der Waals surface area contributed by atoms with Gasteiger partial charge in [-0.2, -0.15) is 0 Å². The van der Waals surface area contributed by atoms with Crippen LogP contribution in [-0.2, 0) is 14.4 Å². The highest BCUT2D eigenvalue weighted by molar-refractivity contribution is 5.92. The largest absolute Gasteiger partial charge is 0.480 e. The van der Waals surface area contributed by atoms with E-state index in [1.807, 2.05) is 0 Å². The maximum absolute atomic E-state index is 11.8. The summed E-state index contributed by atoms with van der Waals surface area (Å²) < 4.78 is 0. The molecule has 0 aromatic rings. The number of amides is 2. The lowest BCUT2D eigenvalue weighted by atomic mass is 10.1. The van der Waals surface area contributed by atoms with Gasteiger partial charge in [-0.15, -0.1) is 0 Å². The van der Waals surface area contributed by atoms with Crippen molar-refractivity contribution in [3.05, 3.63) is 0 Å². The molecule has 1 heterocycles. The summed E-state index contributed by atoms with van der Waals surface area (Å²) in [7, 11) is 0. The molecule has 0 unspecified atom stereocenters. The van der Waals surface area contributed by atoms with E-state index < -0.39 is 24.0 Å². The molecule has 0 aromatic heterocycles. The molecular formula is C13H22N2O4. The van der Waals surface area contributed by atoms with Crippen LogP contribution in [0.15, 0.2) is 0 Å². The van der Waals surface area contributed by atoms with Crippen LogP contribution in [0.2, 0.25) is 0 Å². The van der Waals surface area contributed by atoms with E-state index in [9.17, 15) is 14.4 Å². The monoisotopic (exact) mass is 270 g/mol. The molecule has 0 saturated carbocycles. The first-order valence-corrected chi connectivity index (χ1v) is 6.87. The van der Waals surface area contributed by atoms with Crippen molar-refractivity contribution in [2.45, 2.75) is 64.0 Å². The van der Waals surface area contributed by atoms with E-state index in [1.54, 1.807) is 0 Å². The summed E-state index contributed by atoms with van der Waals surface area (Å²) in [6, 6.07) is -1.44. The summed E-state index contributed by atoms with van der Waals surface area (Å²) >= 11 is 0. The second-order valence-corrected chi connectivity index (χ2v) is 4.91. The minimum Gasteiger partial charge on any atom is -0.480 e. The molecule has 1 aliphatic heterocycles. The Morgan fingerprint density at radius 1 is 1.42 bits per heavy atom. The predicted octanol–water partition coefficient (Wildman–Crippen LogP) is 0.805. The van der Waals surface area contributed by atoms with Gasteiger partial charge in [-0.25, -0.2) is 4.79 Å². The quantitative estimate of drug-likeness (QED) is 0.569. The first-order valence-electron chi connectivity index (χ1n) is 6.87. The van der Waals surface area contributed by atoms with Crippen molar-refractivity contribution in [1.29, 1.82) is 0 Å². The molecule has 108 valence electrons. The lowest BCUT2D eigenvalue weighted by molar-refractivity contribution is -0.142. The molecule has 1 fully saturated rings. The van der Waals surface area contributed by atoms with Gasteiger partial charge >= 0.3 is 5.97 Å². The van der Waals surface area contributed by atoms with E-state index in [0.29, 0.717) is 19.3 Å².